The van der Waals surface area contributed by atoms with Crippen LogP contribution in [-0.4, -0.2) is 35.2 Å². The Bertz CT molecular complexity index is 1230. The predicted octanol–water partition coefficient (Wildman–Crippen LogP) is 5.05. The van der Waals surface area contributed by atoms with Crippen molar-refractivity contribution in [2.45, 2.75) is 0 Å². The molecule has 0 radical (unpaired) electrons. The maximum atomic E-state index is 12.2. The van der Waals surface area contributed by atoms with Gasteiger partial charge in [0.05, 0.1) is 23.4 Å². The fourth-order valence-corrected chi connectivity index (χ4v) is 3.70. The van der Waals surface area contributed by atoms with Crippen LogP contribution in [0.4, 0.5) is 0 Å². The summed E-state index contributed by atoms with van der Waals surface area (Å²) in [6.45, 7) is -0.293. The number of benzene rings is 2. The summed E-state index contributed by atoms with van der Waals surface area (Å²) >= 11 is 1.32. The molecule has 7 heteroatoms. The molecule has 0 bridgehead atoms. The monoisotopic (exact) mass is 444 g/mol. The lowest BCUT2D eigenvalue weighted by molar-refractivity contribution is -0.136. The molecule has 0 saturated heterocycles. The topological polar surface area (TPSA) is 70.4 Å². The minimum absolute atomic E-state index is 0.224. The van der Waals surface area contributed by atoms with Gasteiger partial charge in [-0.05, 0) is 53.9 Å². The van der Waals surface area contributed by atoms with Crippen LogP contribution in [0.15, 0.2) is 84.4 Å². The predicted molar refractivity (Wildman–Crippen MR) is 124 cm³/mol. The molecule has 0 unspecified atom stereocenters. The summed E-state index contributed by atoms with van der Waals surface area (Å²) < 4.78 is 12.1. The first-order valence-corrected chi connectivity index (χ1v) is 10.7. The summed E-state index contributed by atoms with van der Waals surface area (Å²) in [5, 5.41) is 6.52. The Balaban J connectivity index is 1.56. The molecule has 0 spiro atoms. The van der Waals surface area contributed by atoms with E-state index in [1.807, 2.05) is 60.8 Å². The van der Waals surface area contributed by atoms with Gasteiger partial charge in [0.1, 0.15) is 5.75 Å². The van der Waals surface area contributed by atoms with Gasteiger partial charge in [-0.3, -0.25) is 4.79 Å². The molecule has 160 valence electrons. The maximum Gasteiger partial charge on any atom is 0.331 e. The van der Waals surface area contributed by atoms with Gasteiger partial charge in [0.2, 0.25) is 5.78 Å². The lowest BCUT2D eigenvalue weighted by atomic mass is 10.1. The largest absolute Gasteiger partial charge is 0.497 e. The Labute approximate surface area is 189 Å². The van der Waals surface area contributed by atoms with Crippen LogP contribution in [0.3, 0.4) is 0 Å². The van der Waals surface area contributed by atoms with Crippen LogP contribution >= 0.6 is 11.3 Å². The van der Waals surface area contributed by atoms with Gasteiger partial charge in [-0.15, -0.1) is 11.3 Å². The number of Topliss-reactive ketones (excluding diaryl/α,β-unsaturated/α-hetero) is 1. The minimum atomic E-state index is -0.594. The standard InChI is InChI=1S/C25H20N2O4S/c1-30-21-12-9-18(10-13-21)25-19(16-27(26-25)20-6-3-2-4-7-20)11-14-24(29)31-17-22(28)23-8-5-15-32-23/h2-16H,17H2,1H3/b14-11+. The maximum absolute atomic E-state index is 12.2. The van der Waals surface area contributed by atoms with Gasteiger partial charge in [-0.1, -0.05) is 24.3 Å². The number of carbonyl (C=O) groups excluding carboxylic acids is 2. The molecule has 6 nitrogen and oxygen atoms in total. The first-order chi connectivity index (χ1) is 15.6. The quantitative estimate of drug-likeness (QED) is 0.216. The van der Waals surface area contributed by atoms with Crippen molar-refractivity contribution in [3.8, 4) is 22.7 Å². The lowest BCUT2D eigenvalue weighted by Crippen LogP contribution is -2.11. The Morgan fingerprint density at radius 1 is 1.03 bits per heavy atom. The van der Waals surface area contributed by atoms with Gasteiger partial charge >= 0.3 is 5.97 Å². The van der Waals surface area contributed by atoms with Gasteiger partial charge in [-0.2, -0.15) is 5.10 Å². The number of nitrogens with zero attached hydrogens (tertiary/aromatic N) is 2. The molecule has 0 fully saturated rings. The second kappa shape index (κ2) is 9.89. The van der Waals surface area contributed by atoms with Crippen LogP contribution in [0.1, 0.15) is 15.2 Å². The molecule has 0 aliphatic carbocycles. The van der Waals surface area contributed by atoms with E-state index in [1.54, 1.807) is 35.4 Å². The first-order valence-electron chi connectivity index (χ1n) is 9.85. The highest BCUT2D eigenvalue weighted by Crippen LogP contribution is 2.26. The summed E-state index contributed by atoms with van der Waals surface area (Å²) in [5.41, 5.74) is 3.21. The molecule has 4 aromatic rings. The summed E-state index contributed by atoms with van der Waals surface area (Å²) in [6.07, 6.45) is 4.79. The zero-order valence-corrected chi connectivity index (χ0v) is 18.1. The SMILES string of the molecule is COc1ccc(-c2nn(-c3ccccc3)cc2/C=C/C(=O)OCC(=O)c2cccs2)cc1. The molecular formula is C25H20N2O4S. The van der Waals surface area contributed by atoms with Crippen LogP contribution in [0.25, 0.3) is 23.0 Å². The normalized spacial score (nSPS) is 10.9. The molecule has 2 aromatic carbocycles. The van der Waals surface area contributed by atoms with Crippen molar-refractivity contribution in [3.63, 3.8) is 0 Å². The molecule has 32 heavy (non-hydrogen) atoms. The molecule has 0 N–H and O–H groups in total. The van der Waals surface area contributed by atoms with Gasteiger partial charge in [0.25, 0.3) is 0 Å². The van der Waals surface area contributed by atoms with Crippen molar-refractivity contribution >= 4 is 29.2 Å². The fraction of sp³-hybridized carbons (Fsp3) is 0.0800. The molecule has 4 rings (SSSR count). The second-order valence-electron chi connectivity index (χ2n) is 6.78. The van der Waals surface area contributed by atoms with Crippen molar-refractivity contribution in [3.05, 3.63) is 94.8 Å². The number of hydrogen-bond acceptors (Lipinski definition) is 6. The zero-order valence-electron chi connectivity index (χ0n) is 17.3. The zero-order chi connectivity index (χ0) is 22.3. The molecule has 0 atom stereocenters. The lowest BCUT2D eigenvalue weighted by Gasteiger charge is -2.03. The van der Waals surface area contributed by atoms with E-state index in [1.165, 1.54) is 17.4 Å². The number of ether oxygens (including phenoxy) is 2. The number of aromatic nitrogens is 2. The molecule has 2 heterocycles. The van der Waals surface area contributed by atoms with Crippen molar-refractivity contribution in [1.29, 1.82) is 0 Å². The highest BCUT2D eigenvalue weighted by molar-refractivity contribution is 7.12. The van der Waals surface area contributed by atoms with E-state index in [4.69, 9.17) is 14.6 Å². The van der Waals surface area contributed by atoms with Gasteiger partial charge in [0.15, 0.2) is 6.61 Å². The van der Waals surface area contributed by atoms with Crippen molar-refractivity contribution in [2.75, 3.05) is 13.7 Å². The number of methoxy groups -OCH3 is 1. The van der Waals surface area contributed by atoms with Crippen LogP contribution in [0, 0.1) is 0 Å². The smallest absolute Gasteiger partial charge is 0.331 e. The number of hydrogen-bond donors (Lipinski definition) is 0. The summed E-state index contributed by atoms with van der Waals surface area (Å²) in [4.78, 5) is 24.8. The Kier molecular flexibility index (Phi) is 6.57. The Morgan fingerprint density at radius 3 is 2.50 bits per heavy atom. The van der Waals surface area contributed by atoms with Crippen LogP contribution in [0.2, 0.25) is 0 Å². The van der Waals surface area contributed by atoms with E-state index in [0.717, 1.165) is 22.6 Å². The fourth-order valence-electron chi connectivity index (χ4n) is 3.05. The highest BCUT2D eigenvalue weighted by Gasteiger charge is 2.12. The first kappa shape index (κ1) is 21.3. The number of carbonyl (C=O) groups is 2. The van der Waals surface area contributed by atoms with Gasteiger partial charge in [-0.25, -0.2) is 9.48 Å². The molecule has 0 aliphatic rings. The van der Waals surface area contributed by atoms with Crippen molar-refractivity contribution < 1.29 is 19.1 Å². The van der Waals surface area contributed by atoms with E-state index in [9.17, 15) is 9.59 Å². The Hall–Kier alpha value is -3.97. The van der Waals surface area contributed by atoms with Crippen LogP contribution in [-0.2, 0) is 9.53 Å². The Morgan fingerprint density at radius 2 is 1.81 bits per heavy atom. The highest BCUT2D eigenvalue weighted by atomic mass is 32.1. The molecule has 0 amide bonds. The average molecular weight is 445 g/mol. The van der Waals surface area contributed by atoms with Crippen LogP contribution < -0.4 is 4.74 Å². The van der Waals surface area contributed by atoms with E-state index >= 15 is 0 Å². The number of thiophene rings is 1. The van der Waals surface area contributed by atoms with E-state index in [2.05, 4.69) is 0 Å². The van der Waals surface area contributed by atoms with E-state index in [0.29, 0.717) is 10.6 Å². The third-order valence-electron chi connectivity index (χ3n) is 4.67. The number of ketones is 1. The summed E-state index contributed by atoms with van der Waals surface area (Å²) in [7, 11) is 1.61. The van der Waals surface area contributed by atoms with Crippen molar-refractivity contribution in [1.82, 2.24) is 9.78 Å². The molecule has 2 aromatic heterocycles. The van der Waals surface area contributed by atoms with E-state index in [-0.39, 0.29) is 12.4 Å². The van der Waals surface area contributed by atoms with Gasteiger partial charge in [0, 0.05) is 23.4 Å². The second-order valence-corrected chi connectivity index (χ2v) is 7.73. The summed E-state index contributed by atoms with van der Waals surface area (Å²) in [5.74, 6) is -0.0760. The number of esters is 1. The minimum Gasteiger partial charge on any atom is -0.497 e. The molecule has 0 saturated carbocycles. The number of para-hydroxylation sites is 1. The van der Waals surface area contributed by atoms with Crippen LogP contribution in [0.5, 0.6) is 5.75 Å². The summed E-state index contributed by atoms with van der Waals surface area (Å²) in [6, 6.07) is 20.7. The van der Waals surface area contributed by atoms with Crippen molar-refractivity contribution in [2.24, 2.45) is 0 Å². The third-order valence-corrected chi connectivity index (χ3v) is 5.58. The molecule has 0 aliphatic heterocycles. The average Bonchev–Trinajstić information content (AvgIpc) is 3.52. The molecular weight excluding hydrogens is 424 g/mol. The third kappa shape index (κ3) is 5.01. The van der Waals surface area contributed by atoms with Gasteiger partial charge < -0.3 is 9.47 Å². The number of rotatable bonds is 8. The van der Waals surface area contributed by atoms with E-state index < -0.39 is 5.97 Å².